The van der Waals surface area contributed by atoms with E-state index in [2.05, 4.69) is 13.8 Å². The van der Waals surface area contributed by atoms with Gasteiger partial charge in [0.05, 0.1) is 13.7 Å². The second-order valence-corrected chi connectivity index (χ2v) is 4.77. The van der Waals surface area contributed by atoms with Gasteiger partial charge in [-0.3, -0.25) is 4.79 Å². The van der Waals surface area contributed by atoms with Crippen molar-refractivity contribution in [2.75, 3.05) is 27.7 Å². The number of hydrogen-bond donors (Lipinski definition) is 0. The SMILES string of the molecule is COc1ccc(C(=O)CN(C)C)c(C(C)C)c1. The molecule has 3 heteroatoms. The van der Waals surface area contributed by atoms with E-state index in [4.69, 9.17) is 4.74 Å². The average molecular weight is 235 g/mol. The third-order valence-electron chi connectivity index (χ3n) is 2.64. The van der Waals surface area contributed by atoms with Gasteiger partial charge in [-0.25, -0.2) is 0 Å². The van der Waals surface area contributed by atoms with E-state index in [-0.39, 0.29) is 5.78 Å². The van der Waals surface area contributed by atoms with E-state index in [0.717, 1.165) is 16.9 Å². The van der Waals surface area contributed by atoms with Gasteiger partial charge in [0.15, 0.2) is 5.78 Å². The molecule has 3 nitrogen and oxygen atoms in total. The van der Waals surface area contributed by atoms with Gasteiger partial charge in [-0.1, -0.05) is 13.8 Å². The zero-order valence-corrected chi connectivity index (χ0v) is 11.3. The molecule has 0 saturated heterocycles. The maximum Gasteiger partial charge on any atom is 0.177 e. The van der Waals surface area contributed by atoms with Crippen molar-refractivity contribution in [2.45, 2.75) is 19.8 Å². The van der Waals surface area contributed by atoms with Gasteiger partial charge in [-0.15, -0.1) is 0 Å². The van der Waals surface area contributed by atoms with Crippen molar-refractivity contribution in [1.29, 1.82) is 0 Å². The average Bonchev–Trinajstić information content (AvgIpc) is 2.27. The van der Waals surface area contributed by atoms with Gasteiger partial charge in [-0.2, -0.15) is 0 Å². The first-order valence-electron chi connectivity index (χ1n) is 5.81. The Morgan fingerprint density at radius 1 is 1.35 bits per heavy atom. The molecule has 0 bridgehead atoms. The molecule has 0 aliphatic heterocycles. The molecule has 0 atom stereocenters. The van der Waals surface area contributed by atoms with E-state index in [9.17, 15) is 4.79 Å². The highest BCUT2D eigenvalue weighted by molar-refractivity contribution is 5.99. The molecule has 0 aliphatic carbocycles. The Morgan fingerprint density at radius 3 is 2.47 bits per heavy atom. The molecule has 1 aromatic carbocycles. The standard InChI is InChI=1S/C14H21NO2/c1-10(2)13-8-11(17-5)6-7-12(13)14(16)9-15(3)4/h6-8,10H,9H2,1-5H3. The molecular formula is C14H21NO2. The number of nitrogens with zero attached hydrogens (tertiary/aromatic N) is 1. The van der Waals surface area contributed by atoms with E-state index in [0.29, 0.717) is 12.5 Å². The van der Waals surface area contributed by atoms with Gasteiger partial charge in [-0.05, 0) is 43.8 Å². The van der Waals surface area contributed by atoms with Crippen molar-refractivity contribution in [1.82, 2.24) is 4.90 Å². The largest absolute Gasteiger partial charge is 0.497 e. The van der Waals surface area contributed by atoms with Crippen molar-refractivity contribution in [3.63, 3.8) is 0 Å². The molecule has 0 fully saturated rings. The normalized spacial score (nSPS) is 11.0. The summed E-state index contributed by atoms with van der Waals surface area (Å²) < 4.78 is 5.20. The molecule has 0 unspecified atom stereocenters. The highest BCUT2D eigenvalue weighted by Gasteiger charge is 2.15. The number of benzene rings is 1. The van der Waals surface area contributed by atoms with Crippen LogP contribution in [0.5, 0.6) is 5.75 Å². The Kier molecular flexibility index (Phi) is 4.70. The van der Waals surface area contributed by atoms with Crippen molar-refractivity contribution in [3.05, 3.63) is 29.3 Å². The number of rotatable bonds is 5. The fourth-order valence-corrected chi connectivity index (χ4v) is 1.77. The molecule has 0 aliphatic rings. The van der Waals surface area contributed by atoms with Crippen LogP contribution in [0.1, 0.15) is 35.7 Å². The predicted octanol–water partition coefficient (Wildman–Crippen LogP) is 2.56. The van der Waals surface area contributed by atoms with Crippen LogP contribution in [0.3, 0.4) is 0 Å². The first kappa shape index (κ1) is 13.7. The van der Waals surface area contributed by atoms with Gasteiger partial charge in [0, 0.05) is 5.56 Å². The summed E-state index contributed by atoms with van der Waals surface area (Å²) in [6, 6.07) is 5.66. The maximum absolute atomic E-state index is 12.1. The van der Waals surface area contributed by atoms with Crippen LogP contribution >= 0.6 is 0 Å². The Balaban J connectivity index is 3.10. The number of hydrogen-bond acceptors (Lipinski definition) is 3. The van der Waals surface area contributed by atoms with E-state index >= 15 is 0 Å². The molecule has 17 heavy (non-hydrogen) atoms. The summed E-state index contributed by atoms with van der Waals surface area (Å²) in [6.45, 7) is 4.61. The van der Waals surface area contributed by atoms with E-state index in [1.807, 2.05) is 37.2 Å². The zero-order valence-electron chi connectivity index (χ0n) is 11.3. The van der Waals surface area contributed by atoms with Crippen LogP contribution in [0.15, 0.2) is 18.2 Å². The monoisotopic (exact) mass is 235 g/mol. The lowest BCUT2D eigenvalue weighted by Crippen LogP contribution is -2.22. The minimum Gasteiger partial charge on any atom is -0.497 e. The van der Waals surface area contributed by atoms with Gasteiger partial charge < -0.3 is 9.64 Å². The summed E-state index contributed by atoms with van der Waals surface area (Å²) in [5.74, 6) is 1.27. The van der Waals surface area contributed by atoms with Crippen LogP contribution in [0.2, 0.25) is 0 Å². The molecule has 0 amide bonds. The number of carbonyl (C=O) groups is 1. The lowest BCUT2D eigenvalue weighted by atomic mass is 9.94. The summed E-state index contributed by atoms with van der Waals surface area (Å²) in [4.78, 5) is 14.0. The third kappa shape index (κ3) is 3.56. The molecule has 94 valence electrons. The minimum atomic E-state index is 0.154. The van der Waals surface area contributed by atoms with Crippen LogP contribution < -0.4 is 4.74 Å². The summed E-state index contributed by atoms with van der Waals surface area (Å²) in [5.41, 5.74) is 1.85. The van der Waals surface area contributed by atoms with Crippen LogP contribution in [0.4, 0.5) is 0 Å². The highest BCUT2D eigenvalue weighted by Crippen LogP contribution is 2.25. The molecule has 0 aromatic heterocycles. The van der Waals surface area contributed by atoms with E-state index < -0.39 is 0 Å². The number of Topliss-reactive ketones (excluding diaryl/α,β-unsaturated/α-hetero) is 1. The van der Waals surface area contributed by atoms with Gasteiger partial charge in [0.25, 0.3) is 0 Å². The van der Waals surface area contributed by atoms with Crippen molar-refractivity contribution in [2.24, 2.45) is 0 Å². The van der Waals surface area contributed by atoms with Gasteiger partial charge >= 0.3 is 0 Å². The molecule has 1 rings (SSSR count). The van der Waals surface area contributed by atoms with Gasteiger partial charge in [0.2, 0.25) is 0 Å². The quantitative estimate of drug-likeness (QED) is 0.735. The Morgan fingerprint density at radius 2 is 2.00 bits per heavy atom. The Labute approximate surface area is 103 Å². The van der Waals surface area contributed by atoms with Crippen molar-refractivity contribution >= 4 is 5.78 Å². The molecule has 0 spiro atoms. The maximum atomic E-state index is 12.1. The van der Waals surface area contributed by atoms with Gasteiger partial charge in [0.1, 0.15) is 5.75 Å². The summed E-state index contributed by atoms with van der Waals surface area (Å²) in [7, 11) is 5.44. The topological polar surface area (TPSA) is 29.5 Å². The fraction of sp³-hybridized carbons (Fsp3) is 0.500. The number of likely N-dealkylation sites (N-methyl/N-ethyl adjacent to an activating group) is 1. The number of carbonyl (C=O) groups excluding carboxylic acids is 1. The van der Waals surface area contributed by atoms with Crippen LogP contribution in [0, 0.1) is 0 Å². The molecule has 0 heterocycles. The summed E-state index contributed by atoms with van der Waals surface area (Å²) in [5, 5.41) is 0. The molecular weight excluding hydrogens is 214 g/mol. The number of ether oxygens (including phenoxy) is 1. The van der Waals surface area contributed by atoms with Crippen molar-refractivity contribution < 1.29 is 9.53 Å². The van der Waals surface area contributed by atoms with Crippen LogP contribution in [-0.2, 0) is 0 Å². The molecule has 1 aromatic rings. The minimum absolute atomic E-state index is 0.154. The Bertz CT molecular complexity index is 397. The highest BCUT2D eigenvalue weighted by atomic mass is 16.5. The lowest BCUT2D eigenvalue weighted by Gasteiger charge is -2.15. The first-order chi connectivity index (χ1) is 7.95. The molecule has 0 saturated carbocycles. The van der Waals surface area contributed by atoms with Crippen LogP contribution in [-0.4, -0.2) is 38.4 Å². The molecule has 0 radical (unpaired) electrons. The summed E-state index contributed by atoms with van der Waals surface area (Å²) >= 11 is 0. The second kappa shape index (κ2) is 5.82. The third-order valence-corrected chi connectivity index (χ3v) is 2.64. The van der Waals surface area contributed by atoms with E-state index in [1.165, 1.54) is 0 Å². The van der Waals surface area contributed by atoms with E-state index in [1.54, 1.807) is 7.11 Å². The zero-order chi connectivity index (χ0) is 13.0. The number of methoxy groups -OCH3 is 1. The van der Waals surface area contributed by atoms with Crippen LogP contribution in [0.25, 0.3) is 0 Å². The second-order valence-electron chi connectivity index (χ2n) is 4.77. The predicted molar refractivity (Wildman–Crippen MR) is 70.0 cm³/mol. The Hall–Kier alpha value is -1.35. The fourth-order valence-electron chi connectivity index (χ4n) is 1.77. The first-order valence-corrected chi connectivity index (χ1v) is 5.81. The molecule has 0 N–H and O–H groups in total. The number of ketones is 1. The van der Waals surface area contributed by atoms with Crippen molar-refractivity contribution in [3.8, 4) is 5.75 Å². The summed E-state index contributed by atoms with van der Waals surface area (Å²) in [6.07, 6.45) is 0. The lowest BCUT2D eigenvalue weighted by molar-refractivity contribution is 0.0956. The smallest absolute Gasteiger partial charge is 0.177 e.